The molecule has 32 heavy (non-hydrogen) atoms. The number of hydrogen-bond acceptors (Lipinski definition) is 5. The summed E-state index contributed by atoms with van der Waals surface area (Å²) in [5, 5.41) is 39.2. The van der Waals surface area contributed by atoms with Gasteiger partial charge < -0.3 is 25.2 Å². The molecule has 1 unspecified atom stereocenters. The summed E-state index contributed by atoms with van der Waals surface area (Å²) in [5.74, 6) is -1.55. The minimum absolute atomic E-state index is 0.0190. The van der Waals surface area contributed by atoms with Crippen molar-refractivity contribution in [1.82, 2.24) is 0 Å². The Morgan fingerprint density at radius 3 is 2.66 bits per heavy atom. The van der Waals surface area contributed by atoms with Crippen molar-refractivity contribution in [3.05, 3.63) is 54.1 Å². The van der Waals surface area contributed by atoms with Crippen LogP contribution in [0.4, 0.5) is 13.2 Å². The summed E-state index contributed by atoms with van der Waals surface area (Å²) in [5.41, 5.74) is -0.845. The molecule has 0 heterocycles. The average Bonchev–Trinajstić information content (AvgIpc) is 2.99. The fourth-order valence-electron chi connectivity index (χ4n) is 3.70. The van der Waals surface area contributed by atoms with Crippen molar-refractivity contribution < 1.29 is 43.1 Å². The highest BCUT2D eigenvalue weighted by Gasteiger charge is 2.39. The highest BCUT2D eigenvalue weighted by atomic mass is 19.4. The molecule has 0 radical (unpaired) electrons. The summed E-state index contributed by atoms with van der Waals surface area (Å²) in [6.45, 7) is -0.267. The number of carbonyl (C=O) groups is 1. The maximum atomic E-state index is 12.8. The van der Waals surface area contributed by atoms with Crippen LogP contribution in [0.5, 0.6) is 5.75 Å². The van der Waals surface area contributed by atoms with E-state index in [4.69, 9.17) is 9.84 Å². The van der Waals surface area contributed by atoms with Crippen LogP contribution in [0, 0.1) is 11.8 Å². The largest absolute Gasteiger partial charge is 0.491 e. The Morgan fingerprint density at radius 1 is 1.22 bits per heavy atom. The zero-order chi connectivity index (χ0) is 23.7. The first-order chi connectivity index (χ1) is 15.1. The van der Waals surface area contributed by atoms with Crippen LogP contribution in [0.3, 0.4) is 0 Å². The van der Waals surface area contributed by atoms with E-state index < -0.39 is 41.9 Å². The molecule has 0 bridgehead atoms. The van der Waals surface area contributed by atoms with Crippen LogP contribution in [-0.4, -0.2) is 51.3 Å². The van der Waals surface area contributed by atoms with Crippen molar-refractivity contribution in [2.24, 2.45) is 11.8 Å². The lowest BCUT2D eigenvalue weighted by molar-refractivity contribution is -0.138. The summed E-state index contributed by atoms with van der Waals surface area (Å²) in [7, 11) is 0. The lowest BCUT2D eigenvalue weighted by Crippen LogP contribution is -2.21. The molecular weight excluding hydrogens is 429 g/mol. The standard InChI is InChI=1S/C23H29F3O6/c24-23(25,26)15-6-5-7-17(12-15)32-14-16(27)10-11-19-18(20(28)13-21(19)29)8-3-1-2-4-9-22(30)31/h1,3,5-7,10-12,16,18-21,27-29H,2,4,8-9,13-14H2,(H,30,31)/b3-1-,11-10+/t16-,18?,19-,20+,21+/m0/s1. The molecule has 0 spiro atoms. The molecule has 1 fully saturated rings. The fourth-order valence-corrected chi connectivity index (χ4v) is 3.70. The maximum absolute atomic E-state index is 12.8. The van der Waals surface area contributed by atoms with Crippen LogP contribution < -0.4 is 4.74 Å². The van der Waals surface area contributed by atoms with E-state index in [0.29, 0.717) is 19.3 Å². The maximum Gasteiger partial charge on any atom is 0.416 e. The molecule has 5 atom stereocenters. The second-order valence-corrected chi connectivity index (χ2v) is 7.89. The molecule has 9 heteroatoms. The summed E-state index contributed by atoms with van der Waals surface area (Å²) < 4.78 is 43.5. The molecule has 1 aliphatic carbocycles. The number of carboxylic acids is 1. The first-order valence-corrected chi connectivity index (χ1v) is 10.5. The first kappa shape index (κ1) is 25.9. The van der Waals surface area contributed by atoms with Gasteiger partial charge in [0.25, 0.3) is 0 Å². The van der Waals surface area contributed by atoms with Gasteiger partial charge in [0.05, 0.1) is 17.8 Å². The van der Waals surface area contributed by atoms with Gasteiger partial charge in [-0.25, -0.2) is 0 Å². The van der Waals surface area contributed by atoms with Gasteiger partial charge in [-0.15, -0.1) is 0 Å². The number of rotatable bonds is 11. The third-order valence-electron chi connectivity index (χ3n) is 5.39. The molecule has 0 saturated heterocycles. The third-order valence-corrected chi connectivity index (χ3v) is 5.39. The van der Waals surface area contributed by atoms with Gasteiger partial charge >= 0.3 is 12.1 Å². The summed E-state index contributed by atoms with van der Waals surface area (Å²) >= 11 is 0. The molecule has 6 nitrogen and oxygen atoms in total. The number of aliphatic hydroxyl groups excluding tert-OH is 3. The predicted molar refractivity (Wildman–Crippen MR) is 111 cm³/mol. The van der Waals surface area contributed by atoms with Crippen LogP contribution in [0.1, 0.15) is 37.7 Å². The number of aliphatic hydroxyl groups is 3. The minimum Gasteiger partial charge on any atom is -0.491 e. The summed E-state index contributed by atoms with van der Waals surface area (Å²) in [6.07, 6.45) is 1.48. The van der Waals surface area contributed by atoms with Crippen molar-refractivity contribution in [1.29, 1.82) is 0 Å². The zero-order valence-electron chi connectivity index (χ0n) is 17.5. The van der Waals surface area contributed by atoms with Crippen molar-refractivity contribution in [3.8, 4) is 5.75 Å². The molecule has 0 amide bonds. The van der Waals surface area contributed by atoms with Crippen LogP contribution in [0.2, 0.25) is 0 Å². The molecular formula is C23H29F3O6. The fraction of sp³-hybridized carbons (Fsp3) is 0.522. The van der Waals surface area contributed by atoms with E-state index in [0.717, 1.165) is 12.1 Å². The second-order valence-electron chi connectivity index (χ2n) is 7.89. The normalized spacial score (nSPS) is 24.9. The SMILES string of the molecule is O=C(O)CCC/C=C\CC1[C@H](O)C[C@@H](O)[C@H]1/C=C/[C@H](O)COc1cccc(C(F)(F)F)c1. The first-order valence-electron chi connectivity index (χ1n) is 10.5. The third kappa shape index (κ3) is 8.29. The number of carboxylic acid groups (broad SMARTS) is 1. The molecule has 1 aliphatic rings. The van der Waals surface area contributed by atoms with E-state index in [-0.39, 0.29) is 31.1 Å². The van der Waals surface area contributed by atoms with Crippen LogP contribution in [-0.2, 0) is 11.0 Å². The van der Waals surface area contributed by atoms with Gasteiger partial charge in [0, 0.05) is 18.8 Å². The highest BCUT2D eigenvalue weighted by Crippen LogP contribution is 2.36. The number of ether oxygens (including phenoxy) is 1. The minimum atomic E-state index is -4.49. The van der Waals surface area contributed by atoms with Gasteiger partial charge in [-0.1, -0.05) is 30.4 Å². The molecule has 0 aromatic heterocycles. The number of unbranched alkanes of at least 4 members (excludes halogenated alkanes) is 1. The van der Waals surface area contributed by atoms with E-state index in [1.54, 1.807) is 6.08 Å². The second kappa shape index (κ2) is 12.0. The van der Waals surface area contributed by atoms with Crippen molar-refractivity contribution in [2.45, 2.75) is 56.6 Å². The summed E-state index contributed by atoms with van der Waals surface area (Å²) in [4.78, 5) is 10.5. The smallest absolute Gasteiger partial charge is 0.416 e. The molecule has 0 aliphatic heterocycles. The molecule has 1 aromatic carbocycles. The lowest BCUT2D eigenvalue weighted by atomic mass is 9.89. The van der Waals surface area contributed by atoms with Crippen molar-refractivity contribution in [3.63, 3.8) is 0 Å². The predicted octanol–water partition coefficient (Wildman–Crippen LogP) is 3.56. The van der Waals surface area contributed by atoms with E-state index in [9.17, 15) is 33.3 Å². The molecule has 4 N–H and O–H groups in total. The number of halogens is 3. The Morgan fingerprint density at radius 2 is 1.97 bits per heavy atom. The summed E-state index contributed by atoms with van der Waals surface area (Å²) in [6, 6.07) is 4.36. The topological polar surface area (TPSA) is 107 Å². The average molecular weight is 458 g/mol. The Kier molecular flexibility index (Phi) is 9.74. The number of allylic oxidation sites excluding steroid dienone is 2. The Balaban J connectivity index is 1.87. The number of benzene rings is 1. The number of alkyl halides is 3. The molecule has 1 saturated carbocycles. The van der Waals surface area contributed by atoms with Crippen LogP contribution in [0.25, 0.3) is 0 Å². The quantitative estimate of drug-likeness (QED) is 0.298. The van der Waals surface area contributed by atoms with E-state index >= 15 is 0 Å². The lowest BCUT2D eigenvalue weighted by Gasteiger charge is -2.19. The van der Waals surface area contributed by atoms with Crippen molar-refractivity contribution >= 4 is 5.97 Å². The van der Waals surface area contributed by atoms with Crippen molar-refractivity contribution in [2.75, 3.05) is 6.61 Å². The van der Waals surface area contributed by atoms with Gasteiger partial charge in [-0.05, 0) is 43.4 Å². The van der Waals surface area contributed by atoms with Crippen LogP contribution in [0.15, 0.2) is 48.6 Å². The monoisotopic (exact) mass is 458 g/mol. The number of hydrogen-bond donors (Lipinski definition) is 4. The van der Waals surface area contributed by atoms with Crippen LogP contribution >= 0.6 is 0 Å². The Labute approximate surface area is 184 Å². The van der Waals surface area contributed by atoms with Gasteiger partial charge in [-0.3, -0.25) is 4.79 Å². The molecule has 178 valence electrons. The van der Waals surface area contributed by atoms with Gasteiger partial charge in [0.15, 0.2) is 0 Å². The van der Waals surface area contributed by atoms with E-state index in [1.165, 1.54) is 18.2 Å². The molecule has 1 aromatic rings. The highest BCUT2D eigenvalue weighted by molar-refractivity contribution is 5.66. The van der Waals surface area contributed by atoms with E-state index in [2.05, 4.69) is 0 Å². The van der Waals surface area contributed by atoms with Gasteiger partial charge in [0.1, 0.15) is 18.5 Å². The zero-order valence-corrected chi connectivity index (χ0v) is 17.5. The van der Waals surface area contributed by atoms with E-state index in [1.807, 2.05) is 12.2 Å². The van der Waals surface area contributed by atoms with Gasteiger partial charge in [0.2, 0.25) is 0 Å². The Hall–Kier alpha value is -2.36. The molecule has 2 rings (SSSR count). The number of aliphatic carboxylic acids is 1. The Bertz CT molecular complexity index is 792. The van der Waals surface area contributed by atoms with Gasteiger partial charge in [-0.2, -0.15) is 13.2 Å².